The molecule has 34 heavy (non-hydrogen) atoms. The van der Waals surface area contributed by atoms with Gasteiger partial charge in [-0.25, -0.2) is 4.79 Å². The van der Waals surface area contributed by atoms with E-state index in [4.69, 9.17) is 0 Å². The maximum atomic E-state index is 12.7. The molecule has 0 aromatic heterocycles. The van der Waals surface area contributed by atoms with E-state index in [0.29, 0.717) is 11.3 Å². The number of rotatable bonds is 8. The SMILES string of the molecule is Cc1ccc(C(=O)Nc2ccc(C(=O)CC(CN3C(=O)N(C)C(C)(C)C3=O)C(=O)O)cc2)cc1. The third kappa shape index (κ3) is 4.98. The number of carbonyl (C=O) groups is 5. The van der Waals surface area contributed by atoms with E-state index in [1.54, 1.807) is 38.1 Å². The normalized spacial score (nSPS) is 15.9. The van der Waals surface area contributed by atoms with Crippen LogP contribution in [0.4, 0.5) is 10.5 Å². The average Bonchev–Trinajstić information content (AvgIpc) is 2.93. The van der Waals surface area contributed by atoms with Gasteiger partial charge in [-0.2, -0.15) is 0 Å². The first-order valence-corrected chi connectivity index (χ1v) is 10.8. The van der Waals surface area contributed by atoms with Gasteiger partial charge in [0.15, 0.2) is 5.78 Å². The van der Waals surface area contributed by atoms with E-state index in [1.807, 2.05) is 19.1 Å². The molecule has 1 unspecified atom stereocenters. The van der Waals surface area contributed by atoms with Crippen LogP contribution in [-0.2, 0) is 9.59 Å². The van der Waals surface area contributed by atoms with E-state index in [0.717, 1.165) is 10.5 Å². The molecule has 2 aromatic rings. The molecule has 3 rings (SSSR count). The Kier molecular flexibility index (Phi) is 6.85. The molecule has 9 nitrogen and oxygen atoms in total. The molecule has 0 spiro atoms. The minimum atomic E-state index is -1.27. The molecule has 1 aliphatic rings. The van der Waals surface area contributed by atoms with Crippen LogP contribution in [-0.4, -0.2) is 63.6 Å². The maximum Gasteiger partial charge on any atom is 0.327 e. The summed E-state index contributed by atoms with van der Waals surface area (Å²) < 4.78 is 0. The van der Waals surface area contributed by atoms with Crippen LogP contribution in [0.25, 0.3) is 0 Å². The first kappa shape index (κ1) is 24.6. The Bertz CT molecular complexity index is 1140. The molecule has 0 radical (unpaired) electrons. The number of aryl methyl sites for hydroxylation is 1. The number of hydrogen-bond donors (Lipinski definition) is 2. The van der Waals surface area contributed by atoms with Crippen LogP contribution in [0.5, 0.6) is 0 Å². The number of nitrogens with zero attached hydrogens (tertiary/aromatic N) is 2. The molecule has 4 amide bonds. The molecule has 178 valence electrons. The zero-order chi connectivity index (χ0) is 25.2. The Morgan fingerprint density at radius 2 is 1.53 bits per heavy atom. The van der Waals surface area contributed by atoms with E-state index >= 15 is 0 Å². The van der Waals surface area contributed by atoms with Gasteiger partial charge in [0.05, 0.1) is 5.92 Å². The molecular weight excluding hydrogens is 438 g/mol. The van der Waals surface area contributed by atoms with E-state index < -0.39 is 41.7 Å². The van der Waals surface area contributed by atoms with E-state index in [1.165, 1.54) is 24.1 Å². The lowest BCUT2D eigenvalue weighted by molar-refractivity contribution is -0.143. The lowest BCUT2D eigenvalue weighted by Gasteiger charge is -2.22. The minimum Gasteiger partial charge on any atom is -0.481 e. The van der Waals surface area contributed by atoms with E-state index in [-0.39, 0.29) is 17.9 Å². The minimum absolute atomic E-state index is 0.260. The van der Waals surface area contributed by atoms with Crippen LogP contribution >= 0.6 is 0 Å². The van der Waals surface area contributed by atoms with Crippen LogP contribution in [0.15, 0.2) is 48.5 Å². The number of likely N-dealkylation sites (N-methyl/N-ethyl adjacent to an activating group) is 1. The monoisotopic (exact) mass is 465 g/mol. The van der Waals surface area contributed by atoms with Gasteiger partial charge in [0.1, 0.15) is 5.54 Å². The fourth-order valence-corrected chi connectivity index (χ4v) is 3.58. The number of nitrogens with one attached hydrogen (secondary N) is 1. The van der Waals surface area contributed by atoms with Crippen LogP contribution in [0.2, 0.25) is 0 Å². The third-order valence-electron chi connectivity index (χ3n) is 6.09. The number of amides is 4. The first-order chi connectivity index (χ1) is 15.9. The van der Waals surface area contributed by atoms with E-state index in [2.05, 4.69) is 5.32 Å². The summed E-state index contributed by atoms with van der Waals surface area (Å²) in [5.41, 5.74) is 1.19. The van der Waals surface area contributed by atoms with Gasteiger partial charge in [-0.1, -0.05) is 17.7 Å². The Morgan fingerprint density at radius 1 is 0.971 bits per heavy atom. The van der Waals surface area contributed by atoms with Gasteiger partial charge in [0.2, 0.25) is 0 Å². The number of ketones is 1. The van der Waals surface area contributed by atoms with E-state index in [9.17, 15) is 29.1 Å². The lowest BCUT2D eigenvalue weighted by atomic mass is 9.97. The smallest absolute Gasteiger partial charge is 0.327 e. The van der Waals surface area contributed by atoms with Gasteiger partial charge >= 0.3 is 12.0 Å². The standard InChI is InChI=1S/C25H27N3O6/c1-15-5-7-17(8-6-15)21(30)26-19-11-9-16(10-12-19)20(29)13-18(22(31)32)14-28-23(33)25(2,3)27(4)24(28)34/h5-12,18H,13-14H2,1-4H3,(H,26,30)(H,31,32). The second-order valence-corrected chi connectivity index (χ2v) is 8.88. The Hall–Kier alpha value is -4.01. The van der Waals surface area contributed by atoms with Crippen molar-refractivity contribution in [2.45, 2.75) is 32.7 Å². The van der Waals surface area contributed by atoms with Crippen molar-refractivity contribution >= 4 is 35.3 Å². The second-order valence-electron chi connectivity index (χ2n) is 8.88. The summed E-state index contributed by atoms with van der Waals surface area (Å²) >= 11 is 0. The quantitative estimate of drug-likeness (QED) is 0.456. The molecule has 1 aliphatic heterocycles. The first-order valence-electron chi connectivity index (χ1n) is 10.8. The van der Waals surface area contributed by atoms with Crippen LogP contribution in [0.1, 0.15) is 46.5 Å². The maximum absolute atomic E-state index is 12.7. The molecule has 0 bridgehead atoms. The molecule has 9 heteroatoms. The van der Waals surface area contributed by atoms with Crippen LogP contribution in [0, 0.1) is 12.8 Å². The second kappa shape index (κ2) is 9.46. The highest BCUT2D eigenvalue weighted by atomic mass is 16.4. The number of carboxylic acids is 1. The van der Waals surface area contributed by atoms with Crippen molar-refractivity contribution in [2.75, 3.05) is 18.9 Å². The summed E-state index contributed by atoms with van der Waals surface area (Å²) in [5.74, 6) is -3.77. The summed E-state index contributed by atoms with van der Waals surface area (Å²) in [5, 5.41) is 12.3. The number of urea groups is 1. The highest BCUT2D eigenvalue weighted by Crippen LogP contribution is 2.27. The Balaban J connectivity index is 1.66. The highest BCUT2D eigenvalue weighted by Gasteiger charge is 2.50. The predicted octanol–water partition coefficient (Wildman–Crippen LogP) is 3.19. The molecule has 2 aromatic carbocycles. The van der Waals surface area contributed by atoms with Gasteiger partial charge in [-0.15, -0.1) is 0 Å². The molecule has 1 fully saturated rings. The fourth-order valence-electron chi connectivity index (χ4n) is 3.58. The van der Waals surface area contributed by atoms with Crippen molar-refractivity contribution in [1.29, 1.82) is 0 Å². The zero-order valence-electron chi connectivity index (χ0n) is 19.5. The predicted molar refractivity (Wildman–Crippen MR) is 125 cm³/mol. The number of aliphatic carboxylic acids is 1. The number of Topliss-reactive ketones (excluding diaryl/α,β-unsaturated/α-hetero) is 1. The summed E-state index contributed by atoms with van der Waals surface area (Å²) in [6, 6.07) is 12.6. The molecule has 1 atom stereocenters. The summed E-state index contributed by atoms with van der Waals surface area (Å²) in [6.45, 7) is 4.68. The fraction of sp³-hybridized carbons (Fsp3) is 0.320. The van der Waals surface area contributed by atoms with Gasteiger partial charge in [-0.05, 0) is 57.2 Å². The van der Waals surface area contributed by atoms with Crippen molar-refractivity contribution in [3.63, 3.8) is 0 Å². The van der Waals surface area contributed by atoms with Crippen molar-refractivity contribution in [2.24, 2.45) is 5.92 Å². The molecule has 0 aliphatic carbocycles. The van der Waals surface area contributed by atoms with Gasteiger partial charge in [0, 0.05) is 36.8 Å². The van der Waals surface area contributed by atoms with Gasteiger partial charge in [0.25, 0.3) is 11.8 Å². The Labute approximate surface area is 197 Å². The number of carboxylic acid groups (broad SMARTS) is 1. The van der Waals surface area contributed by atoms with Gasteiger partial charge in [-0.3, -0.25) is 24.1 Å². The number of imide groups is 1. The average molecular weight is 466 g/mol. The summed E-state index contributed by atoms with van der Waals surface area (Å²) in [4.78, 5) is 63.9. The number of hydrogen-bond acceptors (Lipinski definition) is 5. The zero-order valence-corrected chi connectivity index (χ0v) is 19.5. The molecular formula is C25H27N3O6. The van der Waals surface area contributed by atoms with Gasteiger partial charge < -0.3 is 15.3 Å². The lowest BCUT2D eigenvalue weighted by Crippen LogP contribution is -2.42. The highest BCUT2D eigenvalue weighted by molar-refractivity contribution is 6.07. The number of anilines is 1. The summed E-state index contributed by atoms with van der Waals surface area (Å²) in [6.07, 6.45) is -0.383. The third-order valence-corrected chi connectivity index (χ3v) is 6.09. The topological polar surface area (TPSA) is 124 Å². The van der Waals surface area contributed by atoms with Crippen molar-refractivity contribution in [3.8, 4) is 0 Å². The molecule has 1 heterocycles. The molecule has 2 N–H and O–H groups in total. The van der Waals surface area contributed by atoms with Crippen LogP contribution in [0.3, 0.4) is 0 Å². The van der Waals surface area contributed by atoms with Crippen LogP contribution < -0.4 is 5.32 Å². The number of carbonyl (C=O) groups excluding carboxylic acids is 4. The van der Waals surface area contributed by atoms with Crippen molar-refractivity contribution in [3.05, 3.63) is 65.2 Å². The number of benzene rings is 2. The van der Waals surface area contributed by atoms with Crippen molar-refractivity contribution < 1.29 is 29.1 Å². The summed E-state index contributed by atoms with van der Waals surface area (Å²) in [7, 11) is 1.47. The molecule has 1 saturated heterocycles. The Morgan fingerprint density at radius 3 is 2.03 bits per heavy atom. The molecule has 0 saturated carbocycles. The van der Waals surface area contributed by atoms with Crippen molar-refractivity contribution in [1.82, 2.24) is 9.80 Å². The largest absolute Gasteiger partial charge is 0.481 e.